The third kappa shape index (κ3) is 3.51. The number of nitrogens with zero attached hydrogens (tertiary/aromatic N) is 1. The number of rotatable bonds is 6. The molecule has 1 saturated heterocycles. The van der Waals surface area contributed by atoms with Crippen molar-refractivity contribution in [2.45, 2.75) is 25.7 Å². The first-order valence-corrected chi connectivity index (χ1v) is 5.35. The normalized spacial score (nSPS) is 21.0. The molecule has 3 N–H and O–H groups in total. The molecule has 1 amide bonds. The van der Waals surface area contributed by atoms with Gasteiger partial charge in [-0.3, -0.25) is 9.59 Å². The van der Waals surface area contributed by atoms with Gasteiger partial charge in [-0.1, -0.05) is 6.42 Å². The van der Waals surface area contributed by atoms with E-state index < -0.39 is 11.9 Å². The van der Waals surface area contributed by atoms with Crippen LogP contribution in [0.2, 0.25) is 0 Å². The highest BCUT2D eigenvalue weighted by Crippen LogP contribution is 2.18. The zero-order chi connectivity index (χ0) is 11.3. The highest BCUT2D eigenvalue weighted by Gasteiger charge is 2.33. The van der Waals surface area contributed by atoms with Gasteiger partial charge in [0.15, 0.2) is 0 Å². The van der Waals surface area contributed by atoms with Gasteiger partial charge in [-0.05, 0) is 19.4 Å². The number of unbranched alkanes of at least 4 members (excludes halogenated alkanes) is 2. The number of hydrogen-bond acceptors (Lipinski definition) is 3. The van der Waals surface area contributed by atoms with E-state index in [0.717, 1.165) is 19.3 Å². The molecule has 1 atom stereocenters. The lowest BCUT2D eigenvalue weighted by Gasteiger charge is -2.15. The van der Waals surface area contributed by atoms with Crippen LogP contribution in [-0.4, -0.2) is 41.5 Å². The summed E-state index contributed by atoms with van der Waals surface area (Å²) >= 11 is 0. The maximum atomic E-state index is 11.4. The molecule has 0 aromatic rings. The van der Waals surface area contributed by atoms with Crippen LogP contribution in [-0.2, 0) is 9.59 Å². The molecular formula is C10H18N2O3. The fraction of sp³-hybridized carbons (Fsp3) is 0.800. The summed E-state index contributed by atoms with van der Waals surface area (Å²) < 4.78 is 0. The van der Waals surface area contributed by atoms with Gasteiger partial charge in [-0.2, -0.15) is 0 Å². The fourth-order valence-electron chi connectivity index (χ4n) is 1.78. The molecule has 0 aliphatic carbocycles. The number of carbonyl (C=O) groups excluding carboxylic acids is 1. The second kappa shape index (κ2) is 5.70. The minimum Gasteiger partial charge on any atom is -0.481 e. The average molecular weight is 214 g/mol. The first-order chi connectivity index (χ1) is 7.15. The molecule has 1 rings (SSSR count). The molecule has 1 heterocycles. The molecule has 86 valence electrons. The molecule has 15 heavy (non-hydrogen) atoms. The van der Waals surface area contributed by atoms with Crippen molar-refractivity contribution < 1.29 is 14.7 Å². The molecule has 5 nitrogen and oxygen atoms in total. The zero-order valence-electron chi connectivity index (χ0n) is 8.82. The van der Waals surface area contributed by atoms with E-state index >= 15 is 0 Å². The lowest BCUT2D eigenvalue weighted by atomic mass is 10.1. The van der Waals surface area contributed by atoms with Gasteiger partial charge in [-0.15, -0.1) is 0 Å². The Morgan fingerprint density at radius 2 is 2.20 bits per heavy atom. The van der Waals surface area contributed by atoms with E-state index in [1.54, 1.807) is 4.90 Å². The fourth-order valence-corrected chi connectivity index (χ4v) is 1.78. The van der Waals surface area contributed by atoms with Crippen molar-refractivity contribution in [1.29, 1.82) is 0 Å². The third-order valence-corrected chi connectivity index (χ3v) is 2.70. The smallest absolute Gasteiger partial charge is 0.308 e. The molecule has 0 bridgehead atoms. The van der Waals surface area contributed by atoms with Crippen LogP contribution >= 0.6 is 0 Å². The van der Waals surface area contributed by atoms with Crippen LogP contribution in [0.3, 0.4) is 0 Å². The first kappa shape index (κ1) is 12.0. The number of aliphatic carboxylic acids is 1. The number of carboxylic acid groups (broad SMARTS) is 1. The van der Waals surface area contributed by atoms with Gasteiger partial charge in [0.25, 0.3) is 0 Å². The SMILES string of the molecule is NCCCCCN1CC(C(=O)O)CC1=O. The maximum Gasteiger partial charge on any atom is 0.308 e. The van der Waals surface area contributed by atoms with Crippen LogP contribution in [0.5, 0.6) is 0 Å². The summed E-state index contributed by atoms with van der Waals surface area (Å²) in [5, 5.41) is 8.76. The highest BCUT2D eigenvalue weighted by molar-refractivity contribution is 5.86. The number of nitrogens with two attached hydrogens (primary N) is 1. The number of hydrogen-bond donors (Lipinski definition) is 2. The van der Waals surface area contributed by atoms with Gasteiger partial charge in [0.1, 0.15) is 0 Å². The van der Waals surface area contributed by atoms with Crippen molar-refractivity contribution >= 4 is 11.9 Å². The van der Waals surface area contributed by atoms with Crippen molar-refractivity contribution in [3.63, 3.8) is 0 Å². The molecular weight excluding hydrogens is 196 g/mol. The van der Waals surface area contributed by atoms with Gasteiger partial charge < -0.3 is 15.7 Å². The Morgan fingerprint density at radius 1 is 1.47 bits per heavy atom. The predicted octanol–water partition coefficient (Wildman–Crippen LogP) is 0.0485. The quantitative estimate of drug-likeness (QED) is 0.612. The van der Waals surface area contributed by atoms with Crippen LogP contribution in [0.4, 0.5) is 0 Å². The minimum atomic E-state index is -0.868. The van der Waals surface area contributed by atoms with Crippen LogP contribution in [0.1, 0.15) is 25.7 Å². The van der Waals surface area contributed by atoms with E-state index in [2.05, 4.69) is 0 Å². The Bertz CT molecular complexity index is 243. The van der Waals surface area contributed by atoms with Crippen molar-refractivity contribution in [3.8, 4) is 0 Å². The van der Waals surface area contributed by atoms with Crippen LogP contribution in [0.25, 0.3) is 0 Å². The van der Waals surface area contributed by atoms with Gasteiger partial charge in [0.05, 0.1) is 5.92 Å². The van der Waals surface area contributed by atoms with Crippen LogP contribution in [0, 0.1) is 5.92 Å². The second-order valence-electron chi connectivity index (χ2n) is 3.93. The summed E-state index contributed by atoms with van der Waals surface area (Å²) in [6, 6.07) is 0. The molecule has 0 radical (unpaired) electrons. The summed E-state index contributed by atoms with van der Waals surface area (Å²) in [7, 11) is 0. The average Bonchev–Trinajstić information content (AvgIpc) is 2.55. The molecule has 1 fully saturated rings. The first-order valence-electron chi connectivity index (χ1n) is 5.35. The van der Waals surface area contributed by atoms with Crippen molar-refractivity contribution in [2.24, 2.45) is 11.7 Å². The van der Waals surface area contributed by atoms with E-state index in [1.807, 2.05) is 0 Å². The van der Waals surface area contributed by atoms with Crippen molar-refractivity contribution in [1.82, 2.24) is 4.90 Å². The Hall–Kier alpha value is -1.10. The Kier molecular flexibility index (Phi) is 4.55. The lowest BCUT2D eigenvalue weighted by Crippen LogP contribution is -2.27. The van der Waals surface area contributed by atoms with Crippen LogP contribution < -0.4 is 5.73 Å². The highest BCUT2D eigenvalue weighted by atomic mass is 16.4. The molecule has 5 heteroatoms. The molecule has 0 aromatic carbocycles. The molecule has 1 unspecified atom stereocenters. The number of carboxylic acids is 1. The van der Waals surface area contributed by atoms with Crippen molar-refractivity contribution in [3.05, 3.63) is 0 Å². The summed E-state index contributed by atoms with van der Waals surface area (Å²) in [5.74, 6) is -1.41. The Morgan fingerprint density at radius 3 is 2.73 bits per heavy atom. The maximum absolute atomic E-state index is 11.4. The zero-order valence-corrected chi connectivity index (χ0v) is 8.82. The van der Waals surface area contributed by atoms with E-state index in [-0.39, 0.29) is 12.3 Å². The van der Waals surface area contributed by atoms with Gasteiger partial charge in [-0.25, -0.2) is 0 Å². The van der Waals surface area contributed by atoms with Gasteiger partial charge >= 0.3 is 5.97 Å². The summed E-state index contributed by atoms with van der Waals surface area (Å²) in [4.78, 5) is 23.7. The molecule has 1 aliphatic heterocycles. The predicted molar refractivity (Wildman–Crippen MR) is 55.2 cm³/mol. The minimum absolute atomic E-state index is 0.0323. The summed E-state index contributed by atoms with van der Waals surface area (Å²) in [6.07, 6.45) is 3.03. The summed E-state index contributed by atoms with van der Waals surface area (Å²) in [6.45, 7) is 1.71. The van der Waals surface area contributed by atoms with Crippen LogP contribution in [0.15, 0.2) is 0 Å². The summed E-state index contributed by atoms with van der Waals surface area (Å²) in [5.41, 5.74) is 5.35. The monoisotopic (exact) mass is 214 g/mol. The topological polar surface area (TPSA) is 83.6 Å². The standard InChI is InChI=1S/C10H18N2O3/c11-4-2-1-3-5-12-7-8(10(14)15)6-9(12)13/h8H,1-7,11H2,(H,14,15). The van der Waals surface area contributed by atoms with E-state index in [9.17, 15) is 9.59 Å². The third-order valence-electron chi connectivity index (χ3n) is 2.70. The van der Waals surface area contributed by atoms with Crippen molar-refractivity contribution in [2.75, 3.05) is 19.6 Å². The lowest BCUT2D eigenvalue weighted by molar-refractivity contribution is -0.141. The second-order valence-corrected chi connectivity index (χ2v) is 3.93. The van der Waals surface area contributed by atoms with E-state index in [0.29, 0.717) is 19.6 Å². The number of likely N-dealkylation sites (tertiary alicyclic amines) is 1. The molecule has 0 saturated carbocycles. The Labute approximate surface area is 89.2 Å². The van der Waals surface area contributed by atoms with E-state index in [4.69, 9.17) is 10.8 Å². The molecule has 0 aromatic heterocycles. The molecule has 0 spiro atoms. The number of amides is 1. The van der Waals surface area contributed by atoms with Gasteiger partial charge in [0.2, 0.25) is 5.91 Å². The van der Waals surface area contributed by atoms with Gasteiger partial charge in [0, 0.05) is 19.5 Å². The largest absolute Gasteiger partial charge is 0.481 e. The molecule has 1 aliphatic rings. The number of carbonyl (C=O) groups is 2. The van der Waals surface area contributed by atoms with E-state index in [1.165, 1.54) is 0 Å². The Balaban J connectivity index is 2.25.